The Hall–Kier alpha value is -2.18. The highest BCUT2D eigenvalue weighted by molar-refractivity contribution is 7.90. The van der Waals surface area contributed by atoms with Crippen molar-refractivity contribution >= 4 is 37.5 Å². The largest absolute Gasteiger partial charge is 0.482 e. The number of sulfonamides is 2. The molecule has 2 aliphatic heterocycles. The molecule has 3 rings (SSSR count). The van der Waals surface area contributed by atoms with Crippen LogP contribution in [-0.4, -0.2) is 58.9 Å². The molecule has 10 nitrogen and oxygen atoms in total. The molecule has 2 aliphatic rings. The maximum absolute atomic E-state index is 12.5. The van der Waals surface area contributed by atoms with Gasteiger partial charge in [0.05, 0.1) is 16.8 Å². The molecule has 1 fully saturated rings. The van der Waals surface area contributed by atoms with Crippen LogP contribution in [0.5, 0.6) is 5.75 Å². The molecule has 0 aromatic heterocycles. The van der Waals surface area contributed by atoms with Gasteiger partial charge in [0.25, 0.3) is 15.9 Å². The summed E-state index contributed by atoms with van der Waals surface area (Å²) in [6, 6.07) is 3.89. The van der Waals surface area contributed by atoms with E-state index in [1.54, 1.807) is 0 Å². The Kier molecular flexibility index (Phi) is 5.14. The van der Waals surface area contributed by atoms with Gasteiger partial charge in [-0.2, -0.15) is 0 Å². The molecule has 0 bridgehead atoms. The number of hydrogen-bond donors (Lipinski definition) is 2. The number of rotatable bonds is 4. The minimum absolute atomic E-state index is 0.151. The SMILES string of the molecule is CS(=O)(=O)N1CCC(C(=O)NS(=O)(=O)c2ccc3c(c2)NC(=O)CO3)CC1. The summed E-state index contributed by atoms with van der Waals surface area (Å²) in [7, 11) is -7.47. The van der Waals surface area contributed by atoms with Gasteiger partial charge in [0.15, 0.2) is 6.61 Å². The zero-order valence-electron chi connectivity index (χ0n) is 14.5. The standard InChI is InChI=1S/C15H19N3O7S2/c1-26(21,22)18-6-4-10(5-7-18)15(20)17-27(23,24)11-2-3-13-12(8-11)16-14(19)9-25-13/h2-3,8,10H,4-7,9H2,1H3,(H,16,19)(H,17,20). The normalized spacial score (nSPS) is 18.9. The predicted octanol–water partition coefficient (Wildman–Crippen LogP) is -0.506. The monoisotopic (exact) mass is 417 g/mol. The molecule has 12 heteroatoms. The number of carbonyl (C=O) groups is 2. The van der Waals surface area contributed by atoms with Crippen LogP contribution < -0.4 is 14.8 Å². The maximum atomic E-state index is 12.5. The van der Waals surface area contributed by atoms with Crippen molar-refractivity contribution in [1.29, 1.82) is 0 Å². The number of piperidine rings is 1. The van der Waals surface area contributed by atoms with Gasteiger partial charge in [0, 0.05) is 19.0 Å². The Bertz CT molecular complexity index is 981. The molecule has 1 aromatic carbocycles. The summed E-state index contributed by atoms with van der Waals surface area (Å²) < 4.78 is 56.4. The van der Waals surface area contributed by atoms with Crippen molar-refractivity contribution < 1.29 is 31.2 Å². The number of hydrogen-bond acceptors (Lipinski definition) is 7. The maximum Gasteiger partial charge on any atom is 0.264 e. The number of carbonyl (C=O) groups excluding carboxylic acids is 2. The summed E-state index contributed by atoms with van der Waals surface area (Å²) in [5.74, 6) is -1.34. The topological polar surface area (TPSA) is 139 Å². The number of benzene rings is 1. The third kappa shape index (κ3) is 4.39. The van der Waals surface area contributed by atoms with Gasteiger partial charge < -0.3 is 10.1 Å². The van der Waals surface area contributed by atoms with Crippen molar-refractivity contribution in [2.75, 3.05) is 31.3 Å². The Morgan fingerprint density at radius 2 is 1.89 bits per heavy atom. The van der Waals surface area contributed by atoms with Crippen LogP contribution >= 0.6 is 0 Å². The summed E-state index contributed by atoms with van der Waals surface area (Å²) in [4.78, 5) is 23.5. The second-order valence-corrected chi connectivity index (χ2v) is 10.1. The zero-order chi connectivity index (χ0) is 19.8. The third-order valence-corrected chi connectivity index (χ3v) is 7.07. The molecule has 0 radical (unpaired) electrons. The zero-order valence-corrected chi connectivity index (χ0v) is 16.1. The van der Waals surface area contributed by atoms with Crippen LogP contribution in [0.4, 0.5) is 5.69 Å². The Balaban J connectivity index is 1.69. The van der Waals surface area contributed by atoms with E-state index < -0.39 is 37.8 Å². The molecule has 2 heterocycles. The highest BCUT2D eigenvalue weighted by Gasteiger charge is 2.31. The van der Waals surface area contributed by atoms with E-state index in [0.717, 1.165) is 6.26 Å². The van der Waals surface area contributed by atoms with Gasteiger partial charge in [-0.25, -0.2) is 25.9 Å². The van der Waals surface area contributed by atoms with Gasteiger partial charge in [-0.1, -0.05) is 0 Å². The van der Waals surface area contributed by atoms with Gasteiger partial charge >= 0.3 is 0 Å². The fourth-order valence-electron chi connectivity index (χ4n) is 2.95. The van der Waals surface area contributed by atoms with E-state index in [9.17, 15) is 26.4 Å². The van der Waals surface area contributed by atoms with Crippen LogP contribution in [0.3, 0.4) is 0 Å². The minimum atomic E-state index is -4.14. The van der Waals surface area contributed by atoms with Gasteiger partial charge in [-0.15, -0.1) is 0 Å². The lowest BCUT2D eigenvalue weighted by Crippen LogP contribution is -2.43. The molecule has 0 unspecified atom stereocenters. The first kappa shape index (κ1) is 19.6. The number of ether oxygens (including phenoxy) is 1. The number of nitrogens with zero attached hydrogens (tertiary/aromatic N) is 1. The van der Waals surface area contributed by atoms with Crippen LogP contribution in [-0.2, 0) is 29.6 Å². The van der Waals surface area contributed by atoms with Crippen molar-refractivity contribution in [2.45, 2.75) is 17.7 Å². The quantitative estimate of drug-likeness (QED) is 0.673. The van der Waals surface area contributed by atoms with Crippen molar-refractivity contribution in [3.63, 3.8) is 0 Å². The van der Waals surface area contributed by atoms with Crippen molar-refractivity contribution in [3.05, 3.63) is 18.2 Å². The fraction of sp³-hybridized carbons (Fsp3) is 0.467. The fourth-order valence-corrected chi connectivity index (χ4v) is 4.90. The van der Waals surface area contributed by atoms with Crippen LogP contribution in [0.1, 0.15) is 12.8 Å². The molecule has 148 valence electrons. The lowest BCUT2D eigenvalue weighted by atomic mass is 9.98. The lowest BCUT2D eigenvalue weighted by molar-refractivity contribution is -0.124. The first-order chi connectivity index (χ1) is 12.6. The number of nitrogens with one attached hydrogen (secondary N) is 2. The van der Waals surface area contributed by atoms with E-state index in [1.807, 2.05) is 4.72 Å². The van der Waals surface area contributed by atoms with E-state index in [4.69, 9.17) is 4.74 Å². The highest BCUT2D eigenvalue weighted by atomic mass is 32.2. The van der Waals surface area contributed by atoms with Gasteiger partial charge in [0.2, 0.25) is 15.9 Å². The first-order valence-corrected chi connectivity index (χ1v) is 11.5. The summed E-state index contributed by atoms with van der Waals surface area (Å²) in [6.07, 6.45) is 1.57. The average molecular weight is 417 g/mol. The summed E-state index contributed by atoms with van der Waals surface area (Å²) in [5.41, 5.74) is 0.211. The van der Waals surface area contributed by atoms with E-state index in [0.29, 0.717) is 5.75 Å². The van der Waals surface area contributed by atoms with Gasteiger partial charge in [-0.3, -0.25) is 9.59 Å². The molecule has 0 aliphatic carbocycles. The molecule has 0 atom stereocenters. The Morgan fingerprint density at radius 1 is 1.22 bits per heavy atom. The molecule has 0 saturated carbocycles. The highest BCUT2D eigenvalue weighted by Crippen LogP contribution is 2.30. The summed E-state index contributed by atoms with van der Waals surface area (Å²) in [5, 5.41) is 2.50. The van der Waals surface area contributed by atoms with Crippen LogP contribution in [0.15, 0.2) is 23.1 Å². The second-order valence-electron chi connectivity index (χ2n) is 6.40. The molecule has 2 N–H and O–H groups in total. The van der Waals surface area contributed by atoms with Crippen LogP contribution in [0.2, 0.25) is 0 Å². The summed E-state index contributed by atoms with van der Waals surface area (Å²) >= 11 is 0. The molecular formula is C15H19N3O7S2. The molecule has 1 aromatic rings. The number of amides is 2. The van der Waals surface area contributed by atoms with Crippen LogP contribution in [0.25, 0.3) is 0 Å². The van der Waals surface area contributed by atoms with E-state index in [2.05, 4.69) is 5.32 Å². The second kappa shape index (κ2) is 7.09. The third-order valence-electron chi connectivity index (χ3n) is 4.42. The van der Waals surface area contributed by atoms with E-state index >= 15 is 0 Å². The summed E-state index contributed by atoms with van der Waals surface area (Å²) in [6.45, 7) is 0.181. The first-order valence-electron chi connectivity index (χ1n) is 8.15. The van der Waals surface area contributed by atoms with Gasteiger partial charge in [0.1, 0.15) is 5.75 Å². The Labute approximate surface area is 157 Å². The number of fused-ring (bicyclic) bond motifs is 1. The molecule has 1 saturated heterocycles. The molecule has 2 amide bonds. The van der Waals surface area contributed by atoms with Gasteiger partial charge in [-0.05, 0) is 31.0 Å². The number of anilines is 1. The Morgan fingerprint density at radius 3 is 2.52 bits per heavy atom. The van der Waals surface area contributed by atoms with E-state index in [-0.39, 0.29) is 43.1 Å². The van der Waals surface area contributed by atoms with Crippen molar-refractivity contribution in [2.24, 2.45) is 5.92 Å². The van der Waals surface area contributed by atoms with Crippen LogP contribution in [0, 0.1) is 5.92 Å². The van der Waals surface area contributed by atoms with Crippen molar-refractivity contribution in [1.82, 2.24) is 9.03 Å². The average Bonchev–Trinajstić information content (AvgIpc) is 2.60. The smallest absolute Gasteiger partial charge is 0.264 e. The predicted molar refractivity (Wildman–Crippen MR) is 95.0 cm³/mol. The molecular weight excluding hydrogens is 398 g/mol. The lowest BCUT2D eigenvalue weighted by Gasteiger charge is -2.29. The molecule has 27 heavy (non-hydrogen) atoms. The van der Waals surface area contributed by atoms with Crippen molar-refractivity contribution in [3.8, 4) is 5.75 Å². The molecule has 0 spiro atoms. The minimum Gasteiger partial charge on any atom is -0.482 e. The van der Waals surface area contributed by atoms with E-state index in [1.165, 1.54) is 22.5 Å².